The predicted molar refractivity (Wildman–Crippen MR) is 69.6 cm³/mol. The first-order valence-corrected chi connectivity index (χ1v) is 10.0. The fraction of sp³-hybridized carbons (Fsp3) is 1.00. The van der Waals surface area contributed by atoms with E-state index in [4.69, 9.17) is 8.37 Å². The first-order chi connectivity index (χ1) is 8.62. The quantitative estimate of drug-likeness (QED) is 0.721. The van der Waals surface area contributed by atoms with Crippen molar-refractivity contribution < 1.29 is 25.2 Å². The monoisotopic (exact) mass is 312 g/mol. The van der Waals surface area contributed by atoms with E-state index in [0.717, 1.165) is 38.2 Å². The largest absolute Gasteiger partial charge is 0.266 e. The third kappa shape index (κ3) is 3.48. The number of rotatable bonds is 4. The molecule has 0 heterocycles. The summed E-state index contributed by atoms with van der Waals surface area (Å²) in [7, 11) is -7.09. The lowest BCUT2D eigenvalue weighted by atomic mass is 9.80. The lowest BCUT2D eigenvalue weighted by Gasteiger charge is -2.35. The van der Waals surface area contributed by atoms with E-state index in [0.29, 0.717) is 12.8 Å². The van der Waals surface area contributed by atoms with Crippen LogP contribution in [0.2, 0.25) is 0 Å². The van der Waals surface area contributed by atoms with E-state index in [1.807, 2.05) is 0 Å². The molecule has 2 rings (SSSR count). The molecule has 0 saturated heterocycles. The van der Waals surface area contributed by atoms with E-state index in [2.05, 4.69) is 0 Å². The Balaban J connectivity index is 2.23. The van der Waals surface area contributed by atoms with E-state index in [1.54, 1.807) is 0 Å². The zero-order valence-electron chi connectivity index (χ0n) is 11.2. The first kappa shape index (κ1) is 15.2. The van der Waals surface area contributed by atoms with Gasteiger partial charge in [-0.25, -0.2) is 0 Å². The molecule has 3 atom stereocenters. The zero-order chi connectivity index (χ0) is 14.3. The maximum atomic E-state index is 11.3. The second-order valence-electron chi connectivity index (χ2n) is 5.60. The highest BCUT2D eigenvalue weighted by Gasteiger charge is 2.54. The van der Waals surface area contributed by atoms with Gasteiger partial charge in [0.25, 0.3) is 20.2 Å². The molecule has 112 valence electrons. The van der Waals surface area contributed by atoms with Crippen molar-refractivity contribution in [1.29, 1.82) is 0 Å². The molecule has 0 aliphatic heterocycles. The third-order valence-corrected chi connectivity index (χ3v) is 5.25. The Bertz CT molecular complexity index is 486. The number of hydrogen-bond acceptors (Lipinski definition) is 6. The molecule has 0 aromatic carbocycles. The summed E-state index contributed by atoms with van der Waals surface area (Å²) in [4.78, 5) is 0. The molecule has 2 saturated carbocycles. The molecule has 0 aromatic rings. The van der Waals surface area contributed by atoms with E-state index < -0.39 is 37.9 Å². The van der Waals surface area contributed by atoms with Crippen LogP contribution >= 0.6 is 0 Å². The second kappa shape index (κ2) is 4.98. The van der Waals surface area contributed by atoms with Crippen molar-refractivity contribution in [3.05, 3.63) is 0 Å². The summed E-state index contributed by atoms with van der Waals surface area (Å²) in [5.74, 6) is 0. The summed E-state index contributed by atoms with van der Waals surface area (Å²) in [6.45, 7) is 0. The highest BCUT2D eigenvalue weighted by atomic mass is 32.2. The van der Waals surface area contributed by atoms with Crippen LogP contribution in [0.5, 0.6) is 0 Å². The average molecular weight is 312 g/mol. The lowest BCUT2D eigenvalue weighted by molar-refractivity contribution is 0.00245. The molecule has 0 amide bonds. The summed E-state index contributed by atoms with van der Waals surface area (Å²) < 4.78 is 55.7. The zero-order valence-corrected chi connectivity index (χ0v) is 12.8. The second-order valence-corrected chi connectivity index (χ2v) is 8.80. The van der Waals surface area contributed by atoms with Crippen LogP contribution in [0.4, 0.5) is 0 Å². The Labute approximate surface area is 114 Å². The Hall–Kier alpha value is -0.180. The van der Waals surface area contributed by atoms with Gasteiger partial charge < -0.3 is 0 Å². The van der Waals surface area contributed by atoms with E-state index in [9.17, 15) is 16.8 Å². The third-order valence-electron chi connectivity index (χ3n) is 4.08. The van der Waals surface area contributed by atoms with Crippen molar-refractivity contribution in [2.45, 2.75) is 50.7 Å². The van der Waals surface area contributed by atoms with Crippen LogP contribution in [0, 0.1) is 5.41 Å². The normalized spacial score (nSPS) is 36.1. The molecule has 2 aliphatic rings. The molecule has 1 spiro atoms. The van der Waals surface area contributed by atoms with Crippen molar-refractivity contribution in [2.24, 2.45) is 5.41 Å². The van der Waals surface area contributed by atoms with Gasteiger partial charge in [0.1, 0.15) is 0 Å². The van der Waals surface area contributed by atoms with E-state index in [-0.39, 0.29) is 0 Å². The molecular formula is C11H20O6S2. The van der Waals surface area contributed by atoms with Crippen molar-refractivity contribution >= 4 is 20.2 Å². The first-order valence-electron chi connectivity index (χ1n) is 6.39. The van der Waals surface area contributed by atoms with Crippen LogP contribution in [0.3, 0.4) is 0 Å². The minimum absolute atomic E-state index is 0.461. The lowest BCUT2D eigenvalue weighted by Crippen LogP contribution is -2.42. The molecule has 0 bridgehead atoms. The molecule has 19 heavy (non-hydrogen) atoms. The van der Waals surface area contributed by atoms with Crippen LogP contribution in [-0.2, 0) is 28.6 Å². The molecule has 0 aromatic heterocycles. The SMILES string of the molecule is CS(=O)(=O)O[C@H]1CCCC12CCC[C@H]2OS(C)(=O)=O. The van der Waals surface area contributed by atoms with Crippen molar-refractivity contribution in [1.82, 2.24) is 0 Å². The molecule has 2 aliphatic carbocycles. The summed E-state index contributed by atoms with van der Waals surface area (Å²) in [6.07, 6.45) is 5.59. The summed E-state index contributed by atoms with van der Waals surface area (Å²) in [5.41, 5.74) is -0.466. The topological polar surface area (TPSA) is 86.7 Å². The molecule has 0 radical (unpaired) electrons. The number of hydrogen-bond donors (Lipinski definition) is 0. The van der Waals surface area contributed by atoms with Gasteiger partial charge in [-0.15, -0.1) is 0 Å². The molecule has 2 fully saturated rings. The maximum Gasteiger partial charge on any atom is 0.264 e. The minimum atomic E-state index is -3.54. The predicted octanol–water partition coefficient (Wildman–Crippen LogP) is 1.03. The maximum absolute atomic E-state index is 11.3. The highest BCUT2D eigenvalue weighted by Crippen LogP contribution is 2.53. The minimum Gasteiger partial charge on any atom is -0.266 e. The fourth-order valence-electron chi connectivity index (χ4n) is 3.49. The Morgan fingerprint density at radius 2 is 1.21 bits per heavy atom. The Morgan fingerprint density at radius 1 is 0.842 bits per heavy atom. The van der Waals surface area contributed by atoms with Gasteiger partial charge in [-0.1, -0.05) is 12.8 Å². The van der Waals surface area contributed by atoms with Crippen LogP contribution in [0.1, 0.15) is 38.5 Å². The molecule has 6 nitrogen and oxygen atoms in total. The smallest absolute Gasteiger partial charge is 0.264 e. The fourth-order valence-corrected chi connectivity index (χ4v) is 4.91. The van der Waals surface area contributed by atoms with Gasteiger partial charge in [0.05, 0.1) is 24.7 Å². The van der Waals surface area contributed by atoms with Gasteiger partial charge in [0, 0.05) is 5.41 Å². The standard InChI is InChI=1S/C11H20O6S2/c1-18(12,13)16-9-5-3-7-11(9)8-4-6-10(11)17-19(2,14)15/h9-10H,3-8H2,1-2H3/t9-,10+,11?. The van der Waals surface area contributed by atoms with Gasteiger partial charge >= 0.3 is 0 Å². The summed E-state index contributed by atoms with van der Waals surface area (Å²) >= 11 is 0. The van der Waals surface area contributed by atoms with Gasteiger partial charge in [-0.2, -0.15) is 16.8 Å². The highest BCUT2D eigenvalue weighted by molar-refractivity contribution is 7.86. The van der Waals surface area contributed by atoms with Crippen molar-refractivity contribution in [3.63, 3.8) is 0 Å². The van der Waals surface area contributed by atoms with Crippen LogP contribution in [0.15, 0.2) is 0 Å². The van der Waals surface area contributed by atoms with Gasteiger partial charge in [0.15, 0.2) is 0 Å². The van der Waals surface area contributed by atoms with Crippen molar-refractivity contribution in [3.8, 4) is 0 Å². The Kier molecular flexibility index (Phi) is 3.99. The van der Waals surface area contributed by atoms with Gasteiger partial charge in [-0.3, -0.25) is 8.37 Å². The van der Waals surface area contributed by atoms with Crippen LogP contribution < -0.4 is 0 Å². The van der Waals surface area contributed by atoms with Gasteiger partial charge in [-0.05, 0) is 25.7 Å². The average Bonchev–Trinajstić information content (AvgIpc) is 2.73. The van der Waals surface area contributed by atoms with Gasteiger partial charge in [0.2, 0.25) is 0 Å². The summed E-state index contributed by atoms with van der Waals surface area (Å²) in [6, 6.07) is 0. The molecular weight excluding hydrogens is 292 g/mol. The molecule has 1 unspecified atom stereocenters. The summed E-state index contributed by atoms with van der Waals surface area (Å²) in [5, 5.41) is 0. The molecule has 0 N–H and O–H groups in total. The molecule has 8 heteroatoms. The van der Waals surface area contributed by atoms with E-state index in [1.165, 1.54) is 0 Å². The van der Waals surface area contributed by atoms with Crippen molar-refractivity contribution in [2.75, 3.05) is 12.5 Å². The van der Waals surface area contributed by atoms with Crippen LogP contribution in [0.25, 0.3) is 0 Å². The Morgan fingerprint density at radius 3 is 1.53 bits per heavy atom. The van der Waals surface area contributed by atoms with E-state index >= 15 is 0 Å². The van der Waals surface area contributed by atoms with Crippen LogP contribution in [-0.4, -0.2) is 41.6 Å².